The van der Waals surface area contributed by atoms with E-state index in [1.807, 2.05) is 0 Å². The minimum absolute atomic E-state index is 0.0946. The van der Waals surface area contributed by atoms with Gasteiger partial charge in [-0.2, -0.15) is 0 Å². The van der Waals surface area contributed by atoms with E-state index in [9.17, 15) is 8.78 Å². The van der Waals surface area contributed by atoms with Gasteiger partial charge in [0.25, 0.3) is 0 Å². The summed E-state index contributed by atoms with van der Waals surface area (Å²) in [6.45, 7) is 0.341. The molecule has 0 radical (unpaired) electrons. The Kier molecular flexibility index (Phi) is 7.71. The molecule has 0 saturated heterocycles. The number of alkyl halides is 1. The molecule has 0 aliphatic carbocycles. The van der Waals surface area contributed by atoms with E-state index in [1.54, 1.807) is 6.08 Å². The molecule has 0 N–H and O–H groups in total. The molecule has 106 valence electrons. The van der Waals surface area contributed by atoms with E-state index in [-0.39, 0.29) is 19.0 Å². The number of halogens is 5. The van der Waals surface area contributed by atoms with Crippen LogP contribution in [-0.4, -0.2) is 19.1 Å². The van der Waals surface area contributed by atoms with Gasteiger partial charge in [-0.05, 0) is 44.4 Å². The second-order valence-corrected chi connectivity index (χ2v) is 6.56. The summed E-state index contributed by atoms with van der Waals surface area (Å²) in [4.78, 5) is 0. The Morgan fingerprint density at radius 1 is 1.21 bits per heavy atom. The average molecular weight is 420 g/mol. The normalized spacial score (nSPS) is 10.2. The lowest BCUT2D eigenvalue weighted by Crippen LogP contribution is -2.03. The Morgan fingerprint density at radius 2 is 1.84 bits per heavy atom. The fourth-order valence-electron chi connectivity index (χ4n) is 1.19. The summed E-state index contributed by atoms with van der Waals surface area (Å²) in [5, 5.41) is 0. The first kappa shape index (κ1) is 16.7. The largest absolute Gasteiger partial charge is 0.489 e. The van der Waals surface area contributed by atoms with Gasteiger partial charge < -0.3 is 9.47 Å². The minimum atomic E-state index is -0.800. The van der Waals surface area contributed by atoms with E-state index in [4.69, 9.17) is 21.1 Å². The maximum atomic E-state index is 13.6. The molecule has 0 amide bonds. The van der Waals surface area contributed by atoms with Crippen molar-refractivity contribution in [1.82, 2.24) is 0 Å². The Morgan fingerprint density at radius 3 is 2.37 bits per heavy atom. The summed E-state index contributed by atoms with van der Waals surface area (Å²) in [5.41, 5.74) is 0. The maximum absolute atomic E-state index is 13.6. The monoisotopic (exact) mass is 418 g/mol. The summed E-state index contributed by atoms with van der Waals surface area (Å²) >= 11 is 11.7. The predicted octanol–water partition coefficient (Wildman–Crippen LogP) is 4.98. The average Bonchev–Trinajstić information content (AvgIpc) is 2.32. The van der Waals surface area contributed by atoms with Gasteiger partial charge in [-0.15, -0.1) is 11.6 Å². The van der Waals surface area contributed by atoms with Crippen LogP contribution in [0.4, 0.5) is 8.78 Å². The van der Waals surface area contributed by atoms with Crippen molar-refractivity contribution in [2.24, 2.45) is 0 Å². The Bertz CT molecular complexity index is 428. The summed E-state index contributed by atoms with van der Waals surface area (Å²) < 4.78 is 38.1. The summed E-state index contributed by atoms with van der Waals surface area (Å²) in [5.74, 6) is -1.54. The molecule has 1 rings (SSSR count). The van der Waals surface area contributed by atoms with Crippen molar-refractivity contribution in [2.45, 2.75) is 6.42 Å². The molecule has 1 aromatic rings. The van der Waals surface area contributed by atoms with Crippen LogP contribution in [0, 0.1) is 11.6 Å². The second-order valence-electron chi connectivity index (χ2n) is 3.41. The van der Waals surface area contributed by atoms with Crippen LogP contribution in [0.5, 0.6) is 11.5 Å². The molecular formula is C12H11Br2ClF2O2. The van der Waals surface area contributed by atoms with Crippen molar-refractivity contribution >= 4 is 43.5 Å². The van der Waals surface area contributed by atoms with Gasteiger partial charge in [-0.1, -0.05) is 0 Å². The summed E-state index contributed by atoms with van der Waals surface area (Å²) in [7, 11) is 0. The molecule has 0 atom stereocenters. The zero-order valence-electron chi connectivity index (χ0n) is 9.77. The highest BCUT2D eigenvalue weighted by molar-refractivity contribution is 9.28. The number of benzene rings is 1. The van der Waals surface area contributed by atoms with Gasteiger partial charge in [-0.3, -0.25) is 0 Å². The molecule has 0 saturated carbocycles. The van der Waals surface area contributed by atoms with E-state index >= 15 is 0 Å². The third kappa shape index (κ3) is 6.10. The first-order valence-corrected chi connectivity index (χ1v) is 7.48. The number of hydrogen-bond donors (Lipinski definition) is 0. The molecule has 0 aromatic heterocycles. The smallest absolute Gasteiger partial charge is 0.190 e. The van der Waals surface area contributed by atoms with E-state index in [0.29, 0.717) is 15.7 Å². The number of rotatable bonds is 7. The summed E-state index contributed by atoms with van der Waals surface area (Å²) in [6.07, 6.45) is 2.17. The van der Waals surface area contributed by atoms with Crippen LogP contribution in [0.25, 0.3) is 0 Å². The number of hydrogen-bond acceptors (Lipinski definition) is 2. The van der Waals surface area contributed by atoms with Gasteiger partial charge >= 0.3 is 0 Å². The quantitative estimate of drug-likeness (QED) is 0.457. The van der Waals surface area contributed by atoms with Gasteiger partial charge in [0.1, 0.15) is 12.4 Å². The van der Waals surface area contributed by atoms with Gasteiger partial charge in [0, 0.05) is 18.0 Å². The Hall–Kier alpha value is -0.330. The fraction of sp³-hybridized carbons (Fsp3) is 0.333. The number of ether oxygens (including phenoxy) is 2. The van der Waals surface area contributed by atoms with Crippen LogP contribution < -0.4 is 9.47 Å². The van der Waals surface area contributed by atoms with Crippen LogP contribution in [0.2, 0.25) is 0 Å². The van der Waals surface area contributed by atoms with E-state index in [2.05, 4.69) is 31.9 Å². The van der Waals surface area contributed by atoms with Crippen molar-refractivity contribution in [1.29, 1.82) is 0 Å². The molecule has 0 heterocycles. The second kappa shape index (κ2) is 8.76. The lowest BCUT2D eigenvalue weighted by atomic mass is 10.3. The lowest BCUT2D eigenvalue weighted by Gasteiger charge is -2.10. The van der Waals surface area contributed by atoms with Gasteiger partial charge in [0.2, 0.25) is 0 Å². The standard InChI is InChI=1S/C12H11Br2ClF2O2/c13-11(14)2-5-18-8-6-9(16)12(10(17)7-8)19-4-1-3-15/h2,6-7H,1,3-5H2. The molecule has 0 bridgehead atoms. The van der Waals surface area contributed by atoms with Crippen LogP contribution in [0.15, 0.2) is 21.6 Å². The SMILES string of the molecule is Fc1cc(OCC=C(Br)Br)cc(F)c1OCCCCl. The van der Waals surface area contributed by atoms with E-state index in [1.165, 1.54) is 0 Å². The van der Waals surface area contributed by atoms with Gasteiger partial charge in [-0.25, -0.2) is 8.78 Å². The highest BCUT2D eigenvalue weighted by Crippen LogP contribution is 2.27. The van der Waals surface area contributed by atoms with Crippen molar-refractivity contribution in [3.8, 4) is 11.5 Å². The minimum Gasteiger partial charge on any atom is -0.489 e. The predicted molar refractivity (Wildman–Crippen MR) is 78.6 cm³/mol. The van der Waals surface area contributed by atoms with Crippen LogP contribution in [0.3, 0.4) is 0 Å². The molecule has 2 nitrogen and oxygen atoms in total. The van der Waals surface area contributed by atoms with Crippen molar-refractivity contribution in [2.75, 3.05) is 19.1 Å². The molecule has 19 heavy (non-hydrogen) atoms. The molecule has 0 fully saturated rings. The van der Waals surface area contributed by atoms with Crippen LogP contribution in [0.1, 0.15) is 6.42 Å². The van der Waals surface area contributed by atoms with Gasteiger partial charge in [0.05, 0.1) is 10.00 Å². The highest BCUT2D eigenvalue weighted by atomic mass is 79.9. The first-order chi connectivity index (χ1) is 9.04. The Balaban J connectivity index is 2.70. The molecule has 1 aromatic carbocycles. The zero-order chi connectivity index (χ0) is 14.3. The van der Waals surface area contributed by atoms with Crippen LogP contribution in [-0.2, 0) is 0 Å². The summed E-state index contributed by atoms with van der Waals surface area (Å²) in [6, 6.07) is 2.16. The molecule has 7 heteroatoms. The molecule has 0 aliphatic heterocycles. The van der Waals surface area contributed by atoms with Crippen molar-refractivity contribution in [3.63, 3.8) is 0 Å². The van der Waals surface area contributed by atoms with Gasteiger partial charge in [0.15, 0.2) is 17.4 Å². The lowest BCUT2D eigenvalue weighted by molar-refractivity contribution is 0.281. The molecule has 0 spiro atoms. The molecule has 0 unspecified atom stereocenters. The molecule has 0 aliphatic rings. The van der Waals surface area contributed by atoms with E-state index in [0.717, 1.165) is 12.1 Å². The first-order valence-electron chi connectivity index (χ1n) is 5.36. The van der Waals surface area contributed by atoms with Crippen LogP contribution >= 0.6 is 43.5 Å². The van der Waals surface area contributed by atoms with Crippen molar-refractivity contribution in [3.05, 3.63) is 33.2 Å². The highest BCUT2D eigenvalue weighted by Gasteiger charge is 2.13. The maximum Gasteiger partial charge on any atom is 0.190 e. The van der Waals surface area contributed by atoms with E-state index < -0.39 is 17.4 Å². The third-order valence-corrected chi connectivity index (χ3v) is 2.90. The Labute approximate surface area is 132 Å². The zero-order valence-corrected chi connectivity index (χ0v) is 13.7. The van der Waals surface area contributed by atoms with Crippen molar-refractivity contribution < 1.29 is 18.3 Å². The fourth-order valence-corrected chi connectivity index (χ4v) is 1.56. The molecular weight excluding hydrogens is 409 g/mol. The third-order valence-electron chi connectivity index (χ3n) is 1.98. The topological polar surface area (TPSA) is 18.5 Å².